The van der Waals surface area contributed by atoms with E-state index in [1.54, 1.807) is 12.1 Å². The van der Waals surface area contributed by atoms with Crippen molar-refractivity contribution >= 4 is 15.9 Å². The van der Waals surface area contributed by atoms with Gasteiger partial charge < -0.3 is 9.84 Å². The number of hydrogen-bond acceptors (Lipinski definition) is 2. The lowest BCUT2D eigenvalue weighted by Crippen LogP contribution is -2.32. The van der Waals surface area contributed by atoms with Crippen molar-refractivity contribution in [2.24, 2.45) is 11.8 Å². The Balaban J connectivity index is 2.10. The fourth-order valence-electron chi connectivity index (χ4n) is 3.01. The van der Waals surface area contributed by atoms with Crippen LogP contribution in [0.15, 0.2) is 22.7 Å². The molecule has 0 spiro atoms. The number of hydrogen-bond donors (Lipinski definition) is 1. The minimum atomic E-state index is -0.578. The molecule has 1 N–H and O–H groups in total. The molecule has 1 aliphatic rings. The summed E-state index contributed by atoms with van der Waals surface area (Å²) in [6.07, 6.45) is -0.0947. The summed E-state index contributed by atoms with van der Waals surface area (Å²) in [6.45, 7) is 6.08. The van der Waals surface area contributed by atoms with E-state index in [0.717, 1.165) is 0 Å². The van der Waals surface area contributed by atoms with E-state index in [1.807, 2.05) is 13.8 Å². The van der Waals surface area contributed by atoms with E-state index in [9.17, 15) is 9.50 Å². The number of benzene rings is 1. The van der Waals surface area contributed by atoms with Gasteiger partial charge in [-0.1, -0.05) is 28.9 Å². The van der Waals surface area contributed by atoms with Crippen molar-refractivity contribution < 1.29 is 14.2 Å². The number of rotatable bonds is 3. The van der Waals surface area contributed by atoms with Gasteiger partial charge in [0.1, 0.15) is 5.82 Å². The van der Waals surface area contributed by atoms with Crippen LogP contribution in [0.3, 0.4) is 0 Å². The Hall–Kier alpha value is -0.450. The highest BCUT2D eigenvalue weighted by molar-refractivity contribution is 9.10. The van der Waals surface area contributed by atoms with Crippen molar-refractivity contribution in [3.05, 3.63) is 34.1 Å². The molecule has 0 aromatic heterocycles. The Labute approximate surface area is 122 Å². The molecule has 5 atom stereocenters. The van der Waals surface area contributed by atoms with Gasteiger partial charge in [-0.2, -0.15) is 0 Å². The van der Waals surface area contributed by atoms with Crippen LogP contribution in [0.1, 0.15) is 26.3 Å². The minimum Gasteiger partial charge on any atom is -0.392 e. The molecule has 1 aliphatic heterocycles. The zero-order valence-electron chi connectivity index (χ0n) is 11.4. The molecule has 5 unspecified atom stereocenters. The zero-order chi connectivity index (χ0) is 14.2. The van der Waals surface area contributed by atoms with E-state index >= 15 is 0 Å². The molecule has 0 bridgehead atoms. The summed E-state index contributed by atoms with van der Waals surface area (Å²) in [4.78, 5) is 0. The van der Waals surface area contributed by atoms with Gasteiger partial charge in [-0.3, -0.25) is 0 Å². The van der Waals surface area contributed by atoms with Crippen LogP contribution in [0.4, 0.5) is 4.39 Å². The summed E-state index contributed by atoms with van der Waals surface area (Å²) in [5, 5.41) is 10.4. The van der Waals surface area contributed by atoms with Gasteiger partial charge in [0.05, 0.1) is 18.3 Å². The van der Waals surface area contributed by atoms with Crippen LogP contribution < -0.4 is 0 Å². The van der Waals surface area contributed by atoms with Gasteiger partial charge in [0, 0.05) is 16.8 Å². The van der Waals surface area contributed by atoms with E-state index in [0.29, 0.717) is 16.5 Å². The highest BCUT2D eigenvalue weighted by Gasteiger charge is 2.41. The molecule has 106 valence electrons. The maximum absolute atomic E-state index is 13.8. The number of aliphatic hydroxyl groups excluding tert-OH is 1. The monoisotopic (exact) mass is 330 g/mol. The first-order valence-electron chi connectivity index (χ1n) is 6.67. The fourth-order valence-corrected chi connectivity index (χ4v) is 3.34. The summed E-state index contributed by atoms with van der Waals surface area (Å²) in [5.74, 6) is 0.0576. The lowest BCUT2D eigenvalue weighted by molar-refractivity contribution is 0.0237. The number of aliphatic hydroxyl groups is 1. The first-order chi connectivity index (χ1) is 8.90. The van der Waals surface area contributed by atoms with Crippen LogP contribution in [0, 0.1) is 17.7 Å². The van der Waals surface area contributed by atoms with Crippen molar-refractivity contribution in [3.8, 4) is 0 Å². The van der Waals surface area contributed by atoms with Crippen LogP contribution in [-0.4, -0.2) is 23.4 Å². The SMILES string of the molecule is CC1OC(C)C(C(O)Cc2ccc(Br)cc2F)C1C. The van der Waals surface area contributed by atoms with Gasteiger partial charge >= 0.3 is 0 Å². The number of halogens is 2. The molecule has 2 nitrogen and oxygen atoms in total. The molecular weight excluding hydrogens is 311 g/mol. The maximum Gasteiger partial charge on any atom is 0.127 e. The second kappa shape index (κ2) is 5.90. The summed E-state index contributed by atoms with van der Waals surface area (Å²) >= 11 is 3.23. The Morgan fingerprint density at radius 3 is 2.53 bits per heavy atom. The molecule has 2 rings (SSSR count). The molecule has 0 amide bonds. The van der Waals surface area contributed by atoms with E-state index in [1.165, 1.54) is 6.07 Å². The topological polar surface area (TPSA) is 29.5 Å². The molecule has 19 heavy (non-hydrogen) atoms. The highest BCUT2D eigenvalue weighted by atomic mass is 79.9. The Bertz CT molecular complexity index is 452. The standard InChI is InChI=1S/C15H20BrFO2/c1-8-9(2)19-10(3)15(8)14(18)6-11-4-5-12(16)7-13(11)17/h4-5,7-10,14-15,18H,6H2,1-3H3. The third-order valence-corrected chi connectivity index (χ3v) is 4.70. The molecule has 0 saturated carbocycles. The largest absolute Gasteiger partial charge is 0.392 e. The smallest absolute Gasteiger partial charge is 0.127 e. The van der Waals surface area contributed by atoms with Crippen molar-refractivity contribution in [1.82, 2.24) is 0 Å². The van der Waals surface area contributed by atoms with Crippen molar-refractivity contribution in [3.63, 3.8) is 0 Å². The maximum atomic E-state index is 13.8. The first kappa shape index (κ1) is 14.9. The van der Waals surface area contributed by atoms with Crippen molar-refractivity contribution in [2.75, 3.05) is 0 Å². The molecule has 1 heterocycles. The van der Waals surface area contributed by atoms with Gasteiger partial charge in [0.15, 0.2) is 0 Å². The molecule has 1 fully saturated rings. The Morgan fingerprint density at radius 1 is 1.32 bits per heavy atom. The summed E-state index contributed by atoms with van der Waals surface area (Å²) in [5.41, 5.74) is 0.551. The van der Waals surface area contributed by atoms with Gasteiger partial charge in [-0.15, -0.1) is 0 Å². The number of ether oxygens (including phenoxy) is 1. The molecule has 4 heteroatoms. The predicted octanol–water partition coefficient (Wildman–Crippen LogP) is 3.55. The fraction of sp³-hybridized carbons (Fsp3) is 0.600. The lowest BCUT2D eigenvalue weighted by atomic mass is 9.82. The van der Waals surface area contributed by atoms with Crippen LogP contribution in [0.2, 0.25) is 0 Å². The normalized spacial score (nSPS) is 32.5. The quantitative estimate of drug-likeness (QED) is 0.918. The second-order valence-electron chi connectivity index (χ2n) is 5.49. The predicted molar refractivity (Wildman–Crippen MR) is 76.5 cm³/mol. The van der Waals surface area contributed by atoms with E-state index in [2.05, 4.69) is 22.9 Å². The van der Waals surface area contributed by atoms with Crippen LogP contribution >= 0.6 is 15.9 Å². The molecule has 0 aliphatic carbocycles. The van der Waals surface area contributed by atoms with Gasteiger partial charge in [0.2, 0.25) is 0 Å². The second-order valence-corrected chi connectivity index (χ2v) is 6.41. The van der Waals surface area contributed by atoms with Gasteiger partial charge in [-0.05, 0) is 37.5 Å². The summed E-state index contributed by atoms with van der Waals surface area (Å²) in [6, 6.07) is 4.95. The summed E-state index contributed by atoms with van der Waals surface area (Å²) < 4.78 is 20.2. The van der Waals surface area contributed by atoms with Crippen LogP contribution in [0.25, 0.3) is 0 Å². The minimum absolute atomic E-state index is 0.0125. The average Bonchev–Trinajstić information content (AvgIpc) is 2.57. The third-order valence-electron chi connectivity index (χ3n) is 4.21. The molecular formula is C15H20BrFO2. The van der Waals surface area contributed by atoms with E-state index < -0.39 is 6.10 Å². The molecule has 1 aromatic rings. The Kier molecular flexibility index (Phi) is 4.64. The summed E-state index contributed by atoms with van der Waals surface area (Å²) in [7, 11) is 0. The molecule has 1 aromatic carbocycles. The average molecular weight is 331 g/mol. The zero-order valence-corrected chi connectivity index (χ0v) is 13.0. The van der Waals surface area contributed by atoms with E-state index in [4.69, 9.17) is 4.74 Å². The van der Waals surface area contributed by atoms with E-state index in [-0.39, 0.29) is 29.9 Å². The third kappa shape index (κ3) is 3.18. The Morgan fingerprint density at radius 2 is 2.00 bits per heavy atom. The highest BCUT2D eigenvalue weighted by Crippen LogP contribution is 2.35. The lowest BCUT2D eigenvalue weighted by Gasteiger charge is -2.24. The first-order valence-corrected chi connectivity index (χ1v) is 7.47. The van der Waals surface area contributed by atoms with Crippen molar-refractivity contribution in [2.45, 2.75) is 45.5 Å². The molecule has 1 saturated heterocycles. The van der Waals surface area contributed by atoms with Gasteiger partial charge in [-0.25, -0.2) is 4.39 Å². The van der Waals surface area contributed by atoms with Gasteiger partial charge in [0.25, 0.3) is 0 Å². The van der Waals surface area contributed by atoms with Crippen LogP contribution in [0.5, 0.6) is 0 Å². The molecule has 0 radical (unpaired) electrons. The van der Waals surface area contributed by atoms with Crippen LogP contribution in [-0.2, 0) is 11.2 Å². The van der Waals surface area contributed by atoms with Crippen molar-refractivity contribution in [1.29, 1.82) is 0 Å².